The van der Waals surface area contributed by atoms with E-state index >= 15 is 0 Å². The smallest absolute Gasteiger partial charge is 0.119 e. The maximum absolute atomic E-state index is 5.65. The minimum atomic E-state index is 0.411. The molecule has 3 nitrogen and oxygen atoms in total. The number of benzene rings is 1. The Morgan fingerprint density at radius 3 is 3.18 bits per heavy atom. The van der Waals surface area contributed by atoms with Gasteiger partial charge in [-0.05, 0) is 37.5 Å². The number of rotatable bonds is 6. The first-order valence-electron chi connectivity index (χ1n) is 6.36. The second kappa shape index (κ2) is 6.62. The summed E-state index contributed by atoms with van der Waals surface area (Å²) in [5, 5.41) is 3.36. The van der Waals surface area contributed by atoms with Gasteiger partial charge in [0, 0.05) is 19.7 Å². The number of nitrogens with one attached hydrogen (secondary N) is 1. The summed E-state index contributed by atoms with van der Waals surface area (Å²) in [5.74, 6) is 0.948. The summed E-state index contributed by atoms with van der Waals surface area (Å²) < 4.78 is 11.2. The molecule has 0 saturated carbocycles. The van der Waals surface area contributed by atoms with Crippen molar-refractivity contribution in [1.29, 1.82) is 0 Å². The molecule has 1 aliphatic rings. The maximum Gasteiger partial charge on any atom is 0.119 e. The molecule has 0 amide bonds. The second-order valence-electron chi connectivity index (χ2n) is 4.50. The zero-order chi connectivity index (χ0) is 11.9. The van der Waals surface area contributed by atoms with Crippen LogP contribution in [0.3, 0.4) is 0 Å². The van der Waals surface area contributed by atoms with Crippen LogP contribution in [0.1, 0.15) is 18.4 Å². The highest BCUT2D eigenvalue weighted by molar-refractivity contribution is 5.27. The Labute approximate surface area is 103 Å². The highest BCUT2D eigenvalue weighted by atomic mass is 16.5. The molecule has 1 heterocycles. The molecule has 1 atom stereocenters. The van der Waals surface area contributed by atoms with E-state index in [1.54, 1.807) is 0 Å². The molecule has 1 fully saturated rings. The molecule has 1 N–H and O–H groups in total. The molecule has 1 aliphatic heterocycles. The zero-order valence-corrected chi connectivity index (χ0v) is 10.4. The van der Waals surface area contributed by atoms with E-state index in [-0.39, 0.29) is 0 Å². The summed E-state index contributed by atoms with van der Waals surface area (Å²) in [5.41, 5.74) is 1.23. The van der Waals surface area contributed by atoms with E-state index in [9.17, 15) is 0 Å². The second-order valence-corrected chi connectivity index (χ2v) is 4.50. The highest BCUT2D eigenvalue weighted by Crippen LogP contribution is 2.12. The number of hydrogen-bond acceptors (Lipinski definition) is 3. The highest BCUT2D eigenvalue weighted by Gasteiger charge is 2.14. The topological polar surface area (TPSA) is 30.5 Å². The van der Waals surface area contributed by atoms with Gasteiger partial charge < -0.3 is 14.8 Å². The van der Waals surface area contributed by atoms with Crippen molar-refractivity contribution in [3.63, 3.8) is 0 Å². The average Bonchev–Trinajstić information content (AvgIpc) is 2.82. The van der Waals surface area contributed by atoms with Gasteiger partial charge in [0.05, 0.1) is 6.10 Å². The third-order valence-electron chi connectivity index (χ3n) is 2.93. The van der Waals surface area contributed by atoms with Crippen LogP contribution in [0.5, 0.6) is 5.75 Å². The van der Waals surface area contributed by atoms with E-state index in [1.165, 1.54) is 18.4 Å². The largest absolute Gasteiger partial charge is 0.492 e. The fourth-order valence-corrected chi connectivity index (χ4v) is 2.01. The Morgan fingerprint density at radius 1 is 1.47 bits per heavy atom. The lowest BCUT2D eigenvalue weighted by Crippen LogP contribution is -2.29. The van der Waals surface area contributed by atoms with Gasteiger partial charge in [-0.25, -0.2) is 0 Å². The molecule has 0 spiro atoms. The van der Waals surface area contributed by atoms with Crippen molar-refractivity contribution in [3.05, 3.63) is 29.8 Å². The van der Waals surface area contributed by atoms with Crippen LogP contribution in [0, 0.1) is 6.92 Å². The van der Waals surface area contributed by atoms with Crippen molar-refractivity contribution in [2.45, 2.75) is 25.9 Å². The van der Waals surface area contributed by atoms with Gasteiger partial charge in [0.1, 0.15) is 12.4 Å². The van der Waals surface area contributed by atoms with Gasteiger partial charge in [0.2, 0.25) is 0 Å². The van der Waals surface area contributed by atoms with E-state index in [1.807, 2.05) is 12.1 Å². The summed E-state index contributed by atoms with van der Waals surface area (Å²) in [6.07, 6.45) is 2.80. The molecule has 1 saturated heterocycles. The van der Waals surface area contributed by atoms with E-state index in [0.29, 0.717) is 12.7 Å². The molecule has 0 radical (unpaired) electrons. The minimum Gasteiger partial charge on any atom is -0.492 e. The normalized spacial score (nSPS) is 19.5. The zero-order valence-electron chi connectivity index (χ0n) is 10.4. The number of aryl methyl sites for hydroxylation is 1. The Balaban J connectivity index is 1.56. The summed E-state index contributed by atoms with van der Waals surface area (Å²) in [6.45, 7) is 5.51. The van der Waals surface area contributed by atoms with Crippen LogP contribution in [-0.2, 0) is 4.74 Å². The van der Waals surface area contributed by atoms with Crippen LogP contribution in [0.15, 0.2) is 24.3 Å². The third-order valence-corrected chi connectivity index (χ3v) is 2.93. The van der Waals surface area contributed by atoms with Crippen molar-refractivity contribution < 1.29 is 9.47 Å². The Morgan fingerprint density at radius 2 is 2.41 bits per heavy atom. The fourth-order valence-electron chi connectivity index (χ4n) is 2.01. The van der Waals surface area contributed by atoms with Crippen molar-refractivity contribution >= 4 is 0 Å². The molecule has 1 unspecified atom stereocenters. The standard InChI is InChI=1S/C14H21NO2/c1-12-4-2-5-13(10-12)17-9-7-15-11-14-6-3-8-16-14/h2,4-5,10,14-15H,3,6-9,11H2,1H3. The maximum atomic E-state index is 5.65. The minimum absolute atomic E-state index is 0.411. The summed E-state index contributed by atoms with van der Waals surface area (Å²) in [7, 11) is 0. The molecule has 0 bridgehead atoms. The van der Waals surface area contributed by atoms with Crippen LogP contribution >= 0.6 is 0 Å². The molecular formula is C14H21NO2. The average molecular weight is 235 g/mol. The van der Waals surface area contributed by atoms with Crippen LogP contribution in [0.4, 0.5) is 0 Å². The third kappa shape index (κ3) is 4.36. The Kier molecular flexibility index (Phi) is 4.83. The lowest BCUT2D eigenvalue weighted by Gasteiger charge is -2.11. The van der Waals surface area contributed by atoms with Crippen molar-refractivity contribution in [2.24, 2.45) is 0 Å². The van der Waals surface area contributed by atoms with Crippen LogP contribution in [0.2, 0.25) is 0 Å². The molecule has 3 heteroatoms. The molecule has 0 aromatic heterocycles. The monoisotopic (exact) mass is 235 g/mol. The van der Waals surface area contributed by atoms with E-state index in [0.717, 1.165) is 25.4 Å². The quantitative estimate of drug-likeness (QED) is 0.766. The van der Waals surface area contributed by atoms with E-state index in [4.69, 9.17) is 9.47 Å². The predicted octanol–water partition coefficient (Wildman–Crippen LogP) is 2.14. The summed E-state index contributed by atoms with van der Waals surface area (Å²) >= 11 is 0. The van der Waals surface area contributed by atoms with Crippen LogP contribution < -0.4 is 10.1 Å². The van der Waals surface area contributed by atoms with Gasteiger partial charge in [-0.2, -0.15) is 0 Å². The van der Waals surface area contributed by atoms with Gasteiger partial charge in [0.15, 0.2) is 0 Å². The molecule has 1 aromatic carbocycles. The van der Waals surface area contributed by atoms with Gasteiger partial charge in [-0.3, -0.25) is 0 Å². The Hall–Kier alpha value is -1.06. The van der Waals surface area contributed by atoms with Crippen molar-refractivity contribution in [2.75, 3.05) is 26.3 Å². The lowest BCUT2D eigenvalue weighted by molar-refractivity contribution is 0.109. The molecule has 17 heavy (non-hydrogen) atoms. The molecule has 2 rings (SSSR count). The molecule has 94 valence electrons. The first kappa shape index (κ1) is 12.4. The number of ether oxygens (including phenoxy) is 2. The summed E-state index contributed by atoms with van der Waals surface area (Å²) in [6, 6.07) is 8.14. The van der Waals surface area contributed by atoms with E-state index in [2.05, 4.69) is 24.4 Å². The van der Waals surface area contributed by atoms with Crippen LogP contribution in [0.25, 0.3) is 0 Å². The predicted molar refractivity (Wildman–Crippen MR) is 68.5 cm³/mol. The van der Waals surface area contributed by atoms with Crippen molar-refractivity contribution in [3.8, 4) is 5.75 Å². The number of hydrogen-bond donors (Lipinski definition) is 1. The SMILES string of the molecule is Cc1cccc(OCCNCC2CCCO2)c1. The molecular weight excluding hydrogens is 214 g/mol. The molecule has 1 aromatic rings. The molecule has 0 aliphatic carbocycles. The fraction of sp³-hybridized carbons (Fsp3) is 0.571. The van der Waals surface area contributed by atoms with Gasteiger partial charge in [-0.1, -0.05) is 12.1 Å². The van der Waals surface area contributed by atoms with Gasteiger partial charge in [0.25, 0.3) is 0 Å². The van der Waals surface area contributed by atoms with Crippen LogP contribution in [-0.4, -0.2) is 32.4 Å². The van der Waals surface area contributed by atoms with Crippen molar-refractivity contribution in [1.82, 2.24) is 5.32 Å². The van der Waals surface area contributed by atoms with Gasteiger partial charge >= 0.3 is 0 Å². The first-order chi connectivity index (χ1) is 8.34. The van der Waals surface area contributed by atoms with Gasteiger partial charge in [-0.15, -0.1) is 0 Å². The Bertz CT molecular complexity index is 335. The first-order valence-corrected chi connectivity index (χ1v) is 6.36. The lowest BCUT2D eigenvalue weighted by atomic mass is 10.2. The van der Waals surface area contributed by atoms with E-state index < -0.39 is 0 Å². The summed E-state index contributed by atoms with van der Waals surface area (Å²) in [4.78, 5) is 0.